The summed E-state index contributed by atoms with van der Waals surface area (Å²) in [4.78, 5) is 14.7. The smallest absolute Gasteiger partial charge is 0.311 e. The predicted octanol–water partition coefficient (Wildman–Crippen LogP) is 2.39. The average Bonchev–Trinajstić information content (AvgIpc) is 2.81. The normalized spacial score (nSPS) is 15.8. The second-order valence-electron chi connectivity index (χ2n) is 4.20. The first-order valence-corrected chi connectivity index (χ1v) is 5.80. The van der Waals surface area contributed by atoms with Crippen LogP contribution in [0.15, 0.2) is 12.1 Å². The van der Waals surface area contributed by atoms with Crippen LogP contribution in [0.4, 0.5) is 17.3 Å². The third-order valence-electron chi connectivity index (χ3n) is 3.02. The van der Waals surface area contributed by atoms with Gasteiger partial charge in [0.05, 0.1) is 4.92 Å². The zero-order chi connectivity index (χ0) is 12.3. The van der Waals surface area contributed by atoms with Crippen LogP contribution in [0, 0.1) is 10.1 Å². The van der Waals surface area contributed by atoms with Crippen LogP contribution in [0.25, 0.3) is 0 Å². The number of rotatable bonds is 4. The number of hydrogen-bond acceptors (Lipinski definition) is 5. The topological polar surface area (TPSA) is 80.1 Å². The van der Waals surface area contributed by atoms with Crippen LogP contribution in [0.3, 0.4) is 0 Å². The van der Waals surface area contributed by atoms with Gasteiger partial charge >= 0.3 is 5.69 Å². The van der Waals surface area contributed by atoms with Crippen molar-refractivity contribution in [1.29, 1.82) is 0 Å². The Morgan fingerprint density at radius 1 is 1.41 bits per heavy atom. The second kappa shape index (κ2) is 4.99. The molecular formula is C11H16N4O2. The van der Waals surface area contributed by atoms with Crippen LogP contribution in [0.5, 0.6) is 0 Å². The number of hydrogen-bond donors (Lipinski definition) is 2. The fourth-order valence-corrected chi connectivity index (χ4v) is 2.11. The minimum Gasteiger partial charge on any atom is -0.373 e. The summed E-state index contributed by atoms with van der Waals surface area (Å²) in [7, 11) is 1.74. The first-order chi connectivity index (χ1) is 8.20. The summed E-state index contributed by atoms with van der Waals surface area (Å²) in [5.74, 6) is 1.00. The number of pyridine rings is 1. The average molecular weight is 236 g/mol. The number of nitrogens with one attached hydrogen (secondary N) is 2. The molecule has 0 unspecified atom stereocenters. The zero-order valence-electron chi connectivity index (χ0n) is 9.77. The van der Waals surface area contributed by atoms with E-state index in [4.69, 9.17) is 0 Å². The fourth-order valence-electron chi connectivity index (χ4n) is 2.11. The van der Waals surface area contributed by atoms with E-state index >= 15 is 0 Å². The van der Waals surface area contributed by atoms with Crippen molar-refractivity contribution in [1.82, 2.24) is 4.98 Å². The summed E-state index contributed by atoms with van der Waals surface area (Å²) in [6.07, 6.45) is 4.47. The van der Waals surface area contributed by atoms with Gasteiger partial charge in [-0.15, -0.1) is 0 Å². The summed E-state index contributed by atoms with van der Waals surface area (Å²) in [6.45, 7) is 0. The minimum atomic E-state index is -0.399. The molecule has 0 amide bonds. The maximum atomic E-state index is 10.9. The van der Waals surface area contributed by atoms with Gasteiger partial charge in [0.1, 0.15) is 5.82 Å². The maximum absolute atomic E-state index is 10.9. The van der Waals surface area contributed by atoms with Gasteiger partial charge in [-0.05, 0) is 18.9 Å². The van der Waals surface area contributed by atoms with Gasteiger partial charge in [0.2, 0.25) is 5.82 Å². The Labute approximate surface area is 99.6 Å². The van der Waals surface area contributed by atoms with Crippen molar-refractivity contribution in [2.45, 2.75) is 31.7 Å². The summed E-state index contributed by atoms with van der Waals surface area (Å²) in [6, 6.07) is 3.40. The fraction of sp³-hybridized carbons (Fsp3) is 0.545. The predicted molar refractivity (Wildman–Crippen MR) is 66.3 cm³/mol. The molecule has 1 aliphatic rings. The van der Waals surface area contributed by atoms with Crippen LogP contribution in [-0.4, -0.2) is 23.0 Å². The van der Waals surface area contributed by atoms with Crippen molar-refractivity contribution < 1.29 is 4.92 Å². The highest BCUT2D eigenvalue weighted by molar-refractivity contribution is 5.60. The summed E-state index contributed by atoms with van der Waals surface area (Å²) in [5.41, 5.74) is 0.0379. The molecule has 0 aromatic carbocycles. The second-order valence-corrected chi connectivity index (χ2v) is 4.20. The van der Waals surface area contributed by atoms with Crippen molar-refractivity contribution in [3.8, 4) is 0 Å². The van der Waals surface area contributed by atoms with Gasteiger partial charge in [-0.25, -0.2) is 4.98 Å². The Morgan fingerprint density at radius 3 is 2.71 bits per heavy atom. The molecule has 1 aromatic heterocycles. The molecule has 6 nitrogen and oxygen atoms in total. The molecule has 2 rings (SSSR count). The molecule has 0 atom stereocenters. The lowest BCUT2D eigenvalue weighted by Gasteiger charge is -2.13. The quantitative estimate of drug-likeness (QED) is 0.619. The third kappa shape index (κ3) is 2.64. The van der Waals surface area contributed by atoms with E-state index in [-0.39, 0.29) is 5.69 Å². The van der Waals surface area contributed by atoms with E-state index in [1.54, 1.807) is 13.1 Å². The zero-order valence-corrected chi connectivity index (χ0v) is 9.77. The molecular weight excluding hydrogens is 220 g/mol. The first-order valence-electron chi connectivity index (χ1n) is 5.80. The van der Waals surface area contributed by atoms with Crippen LogP contribution in [0.2, 0.25) is 0 Å². The Morgan fingerprint density at radius 2 is 2.12 bits per heavy atom. The summed E-state index contributed by atoms with van der Waals surface area (Å²) >= 11 is 0. The van der Waals surface area contributed by atoms with E-state index in [0.717, 1.165) is 12.8 Å². The first kappa shape index (κ1) is 11.6. The Hall–Kier alpha value is -1.85. The van der Waals surface area contributed by atoms with Crippen molar-refractivity contribution >= 4 is 17.3 Å². The number of nitrogens with zero attached hydrogens (tertiary/aromatic N) is 2. The lowest BCUT2D eigenvalue weighted by molar-refractivity contribution is -0.384. The van der Waals surface area contributed by atoms with Crippen molar-refractivity contribution in [3.05, 3.63) is 22.2 Å². The van der Waals surface area contributed by atoms with Gasteiger partial charge in [-0.3, -0.25) is 10.1 Å². The number of nitro groups is 1. The van der Waals surface area contributed by atoms with Crippen LogP contribution in [0.1, 0.15) is 25.7 Å². The van der Waals surface area contributed by atoms with Crippen molar-refractivity contribution in [2.24, 2.45) is 0 Å². The molecule has 17 heavy (non-hydrogen) atoms. The standard InChI is InChI=1S/C11H16N4O2/c1-12-10-7-6-9(15(16)17)11(14-10)13-8-4-2-3-5-8/h6-8H,2-5H2,1H3,(H2,12,13,14). The highest BCUT2D eigenvalue weighted by Crippen LogP contribution is 2.28. The SMILES string of the molecule is CNc1ccc([N+](=O)[O-])c(NC2CCCC2)n1. The van der Waals surface area contributed by atoms with E-state index in [2.05, 4.69) is 15.6 Å². The largest absolute Gasteiger partial charge is 0.373 e. The molecule has 0 saturated heterocycles. The molecule has 0 bridgehead atoms. The lowest BCUT2D eigenvalue weighted by Crippen LogP contribution is -2.17. The van der Waals surface area contributed by atoms with E-state index in [1.807, 2.05) is 0 Å². The third-order valence-corrected chi connectivity index (χ3v) is 3.02. The van der Waals surface area contributed by atoms with E-state index in [9.17, 15) is 10.1 Å². The monoisotopic (exact) mass is 236 g/mol. The molecule has 1 aromatic rings. The van der Waals surface area contributed by atoms with Gasteiger partial charge in [-0.2, -0.15) is 0 Å². The van der Waals surface area contributed by atoms with Crippen LogP contribution in [-0.2, 0) is 0 Å². The van der Waals surface area contributed by atoms with E-state index < -0.39 is 4.92 Å². The van der Waals surface area contributed by atoms with E-state index in [1.165, 1.54) is 18.9 Å². The highest BCUT2D eigenvalue weighted by Gasteiger charge is 2.21. The van der Waals surface area contributed by atoms with Gasteiger partial charge in [-0.1, -0.05) is 12.8 Å². The molecule has 1 heterocycles. The number of aromatic nitrogens is 1. The summed E-state index contributed by atoms with van der Waals surface area (Å²) < 4.78 is 0. The Balaban J connectivity index is 2.24. The molecule has 0 aliphatic heterocycles. The van der Waals surface area contributed by atoms with Crippen molar-refractivity contribution in [3.63, 3.8) is 0 Å². The molecule has 0 spiro atoms. The van der Waals surface area contributed by atoms with Gasteiger partial charge in [0.25, 0.3) is 0 Å². The van der Waals surface area contributed by atoms with Crippen molar-refractivity contribution in [2.75, 3.05) is 17.7 Å². The van der Waals surface area contributed by atoms with Gasteiger partial charge < -0.3 is 10.6 Å². The maximum Gasteiger partial charge on any atom is 0.311 e. The molecule has 6 heteroatoms. The Kier molecular flexibility index (Phi) is 3.41. The van der Waals surface area contributed by atoms with Gasteiger partial charge in [0, 0.05) is 19.2 Å². The molecule has 1 aliphatic carbocycles. The highest BCUT2D eigenvalue weighted by atomic mass is 16.6. The molecule has 0 radical (unpaired) electrons. The van der Waals surface area contributed by atoms with Gasteiger partial charge in [0.15, 0.2) is 0 Å². The molecule has 2 N–H and O–H groups in total. The number of anilines is 2. The van der Waals surface area contributed by atoms with Crippen LogP contribution >= 0.6 is 0 Å². The summed E-state index contributed by atoms with van der Waals surface area (Å²) in [5, 5.41) is 17.0. The van der Waals surface area contributed by atoms with E-state index in [0.29, 0.717) is 17.7 Å². The van der Waals surface area contributed by atoms with Crippen LogP contribution < -0.4 is 10.6 Å². The molecule has 92 valence electrons. The lowest BCUT2D eigenvalue weighted by atomic mass is 10.2. The molecule has 1 fully saturated rings. The molecule has 1 saturated carbocycles. The minimum absolute atomic E-state index is 0.0379. The Bertz CT molecular complexity index is 416.